The fraction of sp³-hybridized carbons (Fsp3) is 0.261. The zero-order chi connectivity index (χ0) is 21.0. The fourth-order valence-electron chi connectivity index (χ4n) is 3.18. The van der Waals surface area contributed by atoms with Crippen molar-refractivity contribution in [2.24, 2.45) is 0 Å². The Morgan fingerprint density at radius 2 is 1.76 bits per heavy atom. The van der Waals surface area contributed by atoms with E-state index in [-0.39, 0.29) is 18.0 Å². The van der Waals surface area contributed by atoms with Crippen LogP contribution in [0, 0.1) is 20.8 Å². The molecule has 6 nitrogen and oxygen atoms in total. The van der Waals surface area contributed by atoms with E-state index in [1.54, 1.807) is 13.2 Å². The topological polar surface area (TPSA) is 73.2 Å². The van der Waals surface area contributed by atoms with E-state index >= 15 is 0 Å². The van der Waals surface area contributed by atoms with Gasteiger partial charge in [-0.15, -0.1) is 0 Å². The highest BCUT2D eigenvalue weighted by Gasteiger charge is 2.11. The third kappa shape index (κ3) is 4.71. The van der Waals surface area contributed by atoms with E-state index in [1.807, 2.05) is 38.1 Å². The van der Waals surface area contributed by atoms with Crippen molar-refractivity contribution >= 4 is 5.91 Å². The molecule has 1 amide bonds. The zero-order valence-corrected chi connectivity index (χ0v) is 17.2. The van der Waals surface area contributed by atoms with Gasteiger partial charge in [-0.2, -0.15) is 5.10 Å². The SMILES string of the molecule is COc1ccccc1CNC(=O)Cn1nc(-c2cc(C)c(C)cc2C)ccc1=O. The predicted octanol–water partition coefficient (Wildman–Crippen LogP) is 3.16. The Bertz CT molecular complexity index is 1100. The molecule has 0 unspecified atom stereocenters. The van der Waals surface area contributed by atoms with Gasteiger partial charge in [0.1, 0.15) is 12.3 Å². The number of hydrogen-bond acceptors (Lipinski definition) is 4. The molecule has 1 N–H and O–H groups in total. The Morgan fingerprint density at radius 3 is 2.52 bits per heavy atom. The van der Waals surface area contributed by atoms with Crippen molar-refractivity contribution in [2.75, 3.05) is 7.11 Å². The normalized spacial score (nSPS) is 10.6. The number of para-hydroxylation sites is 1. The molecule has 0 radical (unpaired) electrons. The van der Waals surface area contributed by atoms with Crippen molar-refractivity contribution in [3.8, 4) is 17.0 Å². The summed E-state index contributed by atoms with van der Waals surface area (Å²) in [6.07, 6.45) is 0. The Kier molecular flexibility index (Phi) is 6.12. The molecular weight excluding hydrogens is 366 g/mol. The van der Waals surface area contributed by atoms with Crippen LogP contribution >= 0.6 is 0 Å². The molecule has 29 heavy (non-hydrogen) atoms. The maximum atomic E-state index is 12.4. The Hall–Kier alpha value is -3.41. The van der Waals surface area contributed by atoms with E-state index in [0.717, 1.165) is 22.3 Å². The number of carbonyl (C=O) groups excluding carboxylic acids is 1. The van der Waals surface area contributed by atoms with Gasteiger partial charge >= 0.3 is 0 Å². The van der Waals surface area contributed by atoms with Gasteiger partial charge in [-0.05, 0) is 55.7 Å². The molecule has 0 spiro atoms. The van der Waals surface area contributed by atoms with E-state index in [9.17, 15) is 9.59 Å². The third-order valence-corrected chi connectivity index (χ3v) is 4.95. The van der Waals surface area contributed by atoms with Gasteiger partial charge in [0.15, 0.2) is 0 Å². The van der Waals surface area contributed by atoms with Crippen molar-refractivity contribution in [2.45, 2.75) is 33.9 Å². The second-order valence-corrected chi connectivity index (χ2v) is 7.05. The molecule has 0 atom stereocenters. The lowest BCUT2D eigenvalue weighted by molar-refractivity contribution is -0.122. The molecule has 0 aliphatic rings. The molecule has 0 bridgehead atoms. The first-order valence-electron chi connectivity index (χ1n) is 9.44. The number of nitrogens with zero attached hydrogens (tertiary/aromatic N) is 2. The number of ether oxygens (including phenoxy) is 1. The number of carbonyl (C=O) groups is 1. The maximum absolute atomic E-state index is 12.4. The summed E-state index contributed by atoms with van der Waals surface area (Å²) in [6.45, 7) is 6.28. The summed E-state index contributed by atoms with van der Waals surface area (Å²) in [6, 6.07) is 14.8. The van der Waals surface area contributed by atoms with Crippen LogP contribution in [0.25, 0.3) is 11.3 Å². The van der Waals surface area contributed by atoms with Crippen LogP contribution in [-0.4, -0.2) is 22.8 Å². The predicted molar refractivity (Wildman–Crippen MR) is 113 cm³/mol. The van der Waals surface area contributed by atoms with E-state index < -0.39 is 0 Å². The van der Waals surface area contributed by atoms with Gasteiger partial charge < -0.3 is 10.1 Å². The van der Waals surface area contributed by atoms with Gasteiger partial charge in [0, 0.05) is 23.7 Å². The summed E-state index contributed by atoms with van der Waals surface area (Å²) in [5.41, 5.74) is 5.60. The molecule has 1 heterocycles. The van der Waals surface area contributed by atoms with Crippen molar-refractivity contribution < 1.29 is 9.53 Å². The van der Waals surface area contributed by atoms with Gasteiger partial charge in [0.25, 0.3) is 5.56 Å². The molecule has 0 aliphatic heterocycles. The Balaban J connectivity index is 1.78. The number of aryl methyl sites for hydroxylation is 3. The lowest BCUT2D eigenvalue weighted by Crippen LogP contribution is -2.33. The largest absolute Gasteiger partial charge is 0.496 e. The summed E-state index contributed by atoms with van der Waals surface area (Å²) in [4.78, 5) is 24.6. The molecule has 1 aromatic heterocycles. The minimum Gasteiger partial charge on any atom is -0.496 e. The number of aromatic nitrogens is 2. The van der Waals surface area contributed by atoms with Crippen LogP contribution in [-0.2, 0) is 17.9 Å². The molecule has 0 aliphatic carbocycles. The summed E-state index contributed by atoms with van der Waals surface area (Å²) in [7, 11) is 1.59. The van der Waals surface area contributed by atoms with Crippen molar-refractivity contribution in [1.82, 2.24) is 15.1 Å². The number of nitrogens with one attached hydrogen (secondary N) is 1. The Labute approximate surface area is 170 Å². The van der Waals surface area contributed by atoms with Crippen LogP contribution in [0.5, 0.6) is 5.75 Å². The minimum absolute atomic E-state index is 0.147. The monoisotopic (exact) mass is 391 g/mol. The van der Waals surface area contributed by atoms with E-state index in [1.165, 1.54) is 16.3 Å². The molecule has 2 aromatic carbocycles. The van der Waals surface area contributed by atoms with Crippen LogP contribution in [0.2, 0.25) is 0 Å². The van der Waals surface area contributed by atoms with Gasteiger partial charge in [-0.3, -0.25) is 9.59 Å². The van der Waals surface area contributed by atoms with Crippen molar-refractivity contribution in [1.29, 1.82) is 0 Å². The van der Waals surface area contributed by atoms with Crippen LogP contribution in [0.3, 0.4) is 0 Å². The van der Waals surface area contributed by atoms with E-state index in [4.69, 9.17) is 4.74 Å². The van der Waals surface area contributed by atoms with Crippen LogP contribution in [0.15, 0.2) is 53.3 Å². The van der Waals surface area contributed by atoms with Crippen LogP contribution in [0.1, 0.15) is 22.3 Å². The lowest BCUT2D eigenvalue weighted by Gasteiger charge is -2.12. The molecule has 150 valence electrons. The molecule has 3 aromatic rings. The number of rotatable bonds is 6. The molecule has 3 rings (SSSR count). The number of amides is 1. The standard InChI is InChI=1S/C23H25N3O3/c1-15-11-17(3)19(12-16(15)2)20-9-10-23(28)26(25-20)14-22(27)24-13-18-7-5-6-8-21(18)29-4/h5-12H,13-14H2,1-4H3,(H,24,27). The highest BCUT2D eigenvalue weighted by molar-refractivity contribution is 5.75. The first-order chi connectivity index (χ1) is 13.9. The maximum Gasteiger partial charge on any atom is 0.267 e. The first kappa shape index (κ1) is 20.3. The third-order valence-electron chi connectivity index (χ3n) is 4.95. The fourth-order valence-corrected chi connectivity index (χ4v) is 3.18. The molecule has 0 fully saturated rings. The summed E-state index contributed by atoms with van der Waals surface area (Å²) >= 11 is 0. The van der Waals surface area contributed by atoms with Crippen molar-refractivity contribution in [3.05, 3.63) is 81.1 Å². The smallest absolute Gasteiger partial charge is 0.267 e. The zero-order valence-electron chi connectivity index (χ0n) is 17.2. The highest BCUT2D eigenvalue weighted by atomic mass is 16.5. The van der Waals surface area contributed by atoms with E-state index in [2.05, 4.69) is 29.5 Å². The van der Waals surface area contributed by atoms with Gasteiger partial charge in [-0.25, -0.2) is 4.68 Å². The molecule has 0 saturated heterocycles. The second kappa shape index (κ2) is 8.73. The van der Waals surface area contributed by atoms with Crippen LogP contribution in [0.4, 0.5) is 0 Å². The summed E-state index contributed by atoms with van der Waals surface area (Å²) < 4.78 is 6.49. The summed E-state index contributed by atoms with van der Waals surface area (Å²) in [5, 5.41) is 7.24. The molecule has 6 heteroatoms. The summed E-state index contributed by atoms with van der Waals surface area (Å²) in [5.74, 6) is 0.412. The lowest BCUT2D eigenvalue weighted by atomic mass is 9.99. The van der Waals surface area contributed by atoms with Crippen molar-refractivity contribution in [3.63, 3.8) is 0 Å². The number of methoxy groups -OCH3 is 1. The highest BCUT2D eigenvalue weighted by Crippen LogP contribution is 2.24. The molecular formula is C23H25N3O3. The van der Waals surface area contributed by atoms with Gasteiger partial charge in [0.2, 0.25) is 5.91 Å². The Morgan fingerprint density at radius 1 is 1.03 bits per heavy atom. The molecule has 0 saturated carbocycles. The van der Waals surface area contributed by atoms with E-state index in [0.29, 0.717) is 18.0 Å². The average Bonchev–Trinajstić information content (AvgIpc) is 2.71. The quantitative estimate of drug-likeness (QED) is 0.701. The number of benzene rings is 2. The number of hydrogen-bond donors (Lipinski definition) is 1. The average molecular weight is 391 g/mol. The first-order valence-corrected chi connectivity index (χ1v) is 9.44. The van der Waals surface area contributed by atoms with Crippen LogP contribution < -0.4 is 15.6 Å². The minimum atomic E-state index is -0.317. The van der Waals surface area contributed by atoms with Gasteiger partial charge in [0.05, 0.1) is 12.8 Å². The second-order valence-electron chi connectivity index (χ2n) is 7.05. The van der Waals surface area contributed by atoms with Gasteiger partial charge in [-0.1, -0.05) is 24.3 Å².